The number of carbonyl (C=O) groups is 13. The molecule has 10 rings (SSSR count). The summed E-state index contributed by atoms with van der Waals surface area (Å²) >= 11 is 0. The largest absolute Gasteiger partial charge is 0.481 e. The second-order valence-electron chi connectivity index (χ2n) is 36.9. The quantitative estimate of drug-likeness (QED) is 0.00957. The molecule has 0 spiro atoms. The molecule has 0 bridgehead atoms. The summed E-state index contributed by atoms with van der Waals surface area (Å²) in [6, 6.07) is 53.9. The van der Waals surface area contributed by atoms with E-state index in [0.717, 1.165) is 122 Å². The van der Waals surface area contributed by atoms with Gasteiger partial charge in [-0.05, 0) is 142 Å². The monoisotopic (exact) mass is 2070 g/mol. The topological polar surface area (TPSA) is 591 Å². The maximum Gasteiger partial charge on any atom is 0.305 e. The number of carbonyl (C=O) groups excluding carboxylic acids is 9. The number of hydrogen-bond donors (Lipinski definition) is 14. The van der Waals surface area contributed by atoms with Crippen LogP contribution in [0.25, 0.3) is 44.8 Å². The molecule has 0 fully saturated rings. The number of unbranched alkanes of at least 4 members (excludes halogenated alkanes) is 4. The first-order valence-electron chi connectivity index (χ1n) is 49.5. The number of amides is 9. The Labute approximate surface area is 864 Å². The van der Waals surface area contributed by atoms with Crippen LogP contribution in [-0.4, -0.2) is 278 Å². The lowest BCUT2D eigenvalue weighted by Crippen LogP contribution is -2.53. The minimum absolute atomic E-state index is 0.0179. The van der Waals surface area contributed by atoms with Gasteiger partial charge in [-0.1, -0.05) is 167 Å². The van der Waals surface area contributed by atoms with E-state index in [1.807, 2.05) is 143 Å². The Kier molecular flexibility index (Phi) is 45.7. The molecular formula is C104H132N22O22S. The average molecular weight is 2070 g/mol. The van der Waals surface area contributed by atoms with Gasteiger partial charge in [0.05, 0.1) is 93.5 Å². The number of carboxylic acid groups (broad SMARTS) is 4. The number of aromatic nitrogens is 3. The molecular weight excluding hydrogens is 1940 g/mol. The number of pyridine rings is 3. The van der Waals surface area contributed by atoms with Crippen molar-refractivity contribution < 1.29 is 105 Å². The van der Waals surface area contributed by atoms with E-state index in [2.05, 4.69) is 114 Å². The third kappa shape index (κ3) is 39.5. The number of benzene rings is 5. The minimum atomic E-state index is -4.66. The Morgan fingerprint density at radius 2 is 0.832 bits per heavy atom. The van der Waals surface area contributed by atoms with Crippen molar-refractivity contribution in [1.29, 1.82) is 0 Å². The van der Waals surface area contributed by atoms with Crippen molar-refractivity contribution in [3.05, 3.63) is 199 Å². The number of nitrogens with zero attached hydrogens (tertiary/aromatic N) is 13. The summed E-state index contributed by atoms with van der Waals surface area (Å²) in [4.78, 5) is 191. The number of nitrogens with one attached hydrogen (secondary N) is 9. The van der Waals surface area contributed by atoms with Crippen LogP contribution in [-0.2, 0) is 74.2 Å². The molecule has 44 nitrogen and oxygen atoms in total. The molecule has 45 heteroatoms. The van der Waals surface area contributed by atoms with Gasteiger partial charge in [0.2, 0.25) is 59.0 Å². The first kappa shape index (κ1) is 115. The van der Waals surface area contributed by atoms with Crippen LogP contribution in [0.2, 0.25) is 0 Å². The predicted octanol–water partition coefficient (Wildman–Crippen LogP) is 9.58. The SMILES string of the molecule is CC(C)(CCCCOc1cc(-c2ccccc2)cc(-c2ccccc2)n1)C1=NNNN1CCCCC(=O)NCCCNC(=O)CN(CCC(=O)O)C(=O)CN(CCC(=O)O)C(=O)CC[C@H](NC(=O)c1ccc(N=NCc2ccccc2S(=O)(=O)O)nc1)C(=O)N(CCC(=O)O)CC(=O)N(CCC(=O)O)CC(=O)NCCCNC(=O)CCCCN1NNN=C1C(C)(C)CCCCOc1cc(-c2ccccc2)cc(-c2ccccc2)n1. The molecule has 0 unspecified atom stereocenters. The summed E-state index contributed by atoms with van der Waals surface area (Å²) in [6.07, 6.45) is 4.19. The minimum Gasteiger partial charge on any atom is -0.481 e. The summed E-state index contributed by atoms with van der Waals surface area (Å²) in [5.41, 5.74) is 18.7. The van der Waals surface area contributed by atoms with Gasteiger partial charge in [0.25, 0.3) is 16.0 Å². The molecule has 2 aliphatic rings. The van der Waals surface area contributed by atoms with E-state index in [4.69, 9.17) is 19.4 Å². The molecule has 5 aromatic carbocycles. The van der Waals surface area contributed by atoms with Crippen LogP contribution < -0.4 is 58.2 Å². The Bertz CT molecular complexity index is 5940. The second-order valence-corrected chi connectivity index (χ2v) is 38.3. The highest BCUT2D eigenvalue weighted by molar-refractivity contribution is 7.85. The molecule has 8 aromatic rings. The van der Waals surface area contributed by atoms with Gasteiger partial charge in [0.15, 0.2) is 5.82 Å². The molecule has 14 N–H and O–H groups in total. The maximum atomic E-state index is 15.1. The number of amidine groups is 2. The van der Waals surface area contributed by atoms with E-state index in [-0.39, 0.29) is 98.0 Å². The van der Waals surface area contributed by atoms with Gasteiger partial charge in [-0.15, -0.1) is 26.4 Å². The van der Waals surface area contributed by atoms with Crippen LogP contribution >= 0.6 is 0 Å². The van der Waals surface area contributed by atoms with Crippen LogP contribution in [0.4, 0.5) is 5.82 Å². The highest BCUT2D eigenvalue weighted by Gasteiger charge is 2.37. The molecule has 0 saturated carbocycles. The van der Waals surface area contributed by atoms with Crippen molar-refractivity contribution in [3.63, 3.8) is 0 Å². The molecule has 5 heterocycles. The smallest absolute Gasteiger partial charge is 0.305 e. The van der Waals surface area contributed by atoms with E-state index in [1.54, 1.807) is 0 Å². The van der Waals surface area contributed by atoms with Gasteiger partial charge in [0, 0.05) is 125 Å². The Morgan fingerprint density at radius 3 is 1.26 bits per heavy atom. The van der Waals surface area contributed by atoms with Crippen molar-refractivity contribution in [2.75, 3.05) is 105 Å². The summed E-state index contributed by atoms with van der Waals surface area (Å²) in [5.74, 6) is -10.7. The molecule has 796 valence electrons. The average Bonchev–Trinajstić information content (AvgIpc) is 1.76. The first-order valence-corrected chi connectivity index (χ1v) is 51.0. The zero-order valence-corrected chi connectivity index (χ0v) is 84.9. The predicted molar refractivity (Wildman–Crippen MR) is 551 cm³/mol. The summed E-state index contributed by atoms with van der Waals surface area (Å²) in [6.45, 7) is 4.03. The second kappa shape index (κ2) is 59.1. The van der Waals surface area contributed by atoms with Crippen molar-refractivity contribution in [1.82, 2.24) is 93.3 Å². The number of aliphatic carboxylic acids is 4. The summed E-state index contributed by atoms with van der Waals surface area (Å²) in [5, 5.41) is 73.6. The van der Waals surface area contributed by atoms with Crippen LogP contribution in [0.15, 0.2) is 214 Å². The molecule has 0 radical (unpaired) electrons. The normalized spacial score (nSPS) is 12.5. The van der Waals surface area contributed by atoms with Crippen LogP contribution in [0, 0.1) is 10.8 Å². The van der Waals surface area contributed by atoms with Gasteiger partial charge < -0.3 is 76.1 Å². The van der Waals surface area contributed by atoms with Gasteiger partial charge in [-0.2, -0.15) is 13.5 Å². The van der Waals surface area contributed by atoms with E-state index >= 15 is 4.79 Å². The Balaban J connectivity index is 0.687. The Hall–Kier alpha value is -15.8. The number of azo groups is 1. The number of rotatable bonds is 66. The number of carboxylic acids is 4. The van der Waals surface area contributed by atoms with Crippen molar-refractivity contribution in [2.45, 2.75) is 174 Å². The van der Waals surface area contributed by atoms with E-state index in [9.17, 15) is 90.9 Å². The number of hydrogen-bond acceptors (Lipinski definition) is 30. The zero-order chi connectivity index (χ0) is 107. The highest BCUT2D eigenvalue weighted by Crippen LogP contribution is 2.35. The van der Waals surface area contributed by atoms with Gasteiger partial charge >= 0.3 is 23.9 Å². The van der Waals surface area contributed by atoms with Crippen molar-refractivity contribution in [3.8, 4) is 56.5 Å². The molecule has 0 aliphatic carbocycles. The molecule has 1 atom stereocenters. The molecule has 0 saturated heterocycles. The standard InChI is InChI=1S/C104H132N22O22S/c1-103(2,49-21-25-61-147-90-65-79(73-29-9-5-10-30-73)63-82(111-90)75-33-13-7-14-34-75)101-115-117-119-125(101)55-23-19-39-86(127)105-51-27-53-107-88(129)69-121(57-45-95(134)135)93(132)71-123(59-47-97(138)139)92(131)44-42-81(113-99(142)78-41-43-85(109-67-78)114-110-68-77-37-17-18-38-84(77)149(144,145)146)100(143)124(60-48-98(140)141)72-94(133)122(58-46-96(136)137)70-89(130)108-54-28-52-106-87(128)40-20-24-56-126-102(116-118-120-126)104(3,4)50-22-26-62-148-91-66-80(74-31-11-6-12-32-74)64-83(112-91)76-35-15-8-16-36-76/h5-18,29-38,41,43,63-67,81,117-120H,19-28,39-40,42,44-62,68-72H2,1-4H3,(H,105,127)(H,106,128)(H,107,129)(H,108,130)(H,113,142)(H,134,135)(H,136,137)(H,138,139)(H,140,141)(H,144,145,146)/t81-/m0/s1. The molecule has 2 aliphatic heterocycles. The van der Waals surface area contributed by atoms with Crippen molar-refractivity contribution in [2.24, 2.45) is 31.3 Å². The zero-order valence-electron chi connectivity index (χ0n) is 84.0. The molecule has 9 amide bonds. The van der Waals surface area contributed by atoms with Gasteiger partial charge in [-0.25, -0.2) is 26.0 Å². The van der Waals surface area contributed by atoms with Crippen LogP contribution in [0.1, 0.15) is 172 Å². The fraction of sp³-hybridized carbons (Fsp3) is 0.423. The number of hydrazine groups is 4. The van der Waals surface area contributed by atoms with Gasteiger partial charge in [-0.3, -0.25) is 76.9 Å². The van der Waals surface area contributed by atoms with E-state index in [1.165, 1.54) is 30.3 Å². The fourth-order valence-corrected chi connectivity index (χ4v) is 17.0. The summed E-state index contributed by atoms with van der Waals surface area (Å²) < 4.78 is 46.3. The van der Waals surface area contributed by atoms with E-state index < -0.39 is 177 Å². The highest BCUT2D eigenvalue weighted by atomic mass is 32.2. The maximum absolute atomic E-state index is 15.1. The number of ether oxygens (including phenoxy) is 2. The lowest BCUT2D eigenvalue weighted by molar-refractivity contribution is -0.146. The lowest BCUT2D eigenvalue weighted by atomic mass is 9.85. The third-order valence-electron chi connectivity index (χ3n) is 24.3. The summed E-state index contributed by atoms with van der Waals surface area (Å²) in [7, 11) is -4.66. The van der Waals surface area contributed by atoms with E-state index in [0.29, 0.717) is 68.6 Å². The Morgan fingerprint density at radius 1 is 0.430 bits per heavy atom. The first-order chi connectivity index (χ1) is 71.5. The van der Waals surface area contributed by atoms with Crippen LogP contribution in [0.3, 0.4) is 0 Å². The number of hydrazone groups is 2. The lowest BCUT2D eigenvalue weighted by Gasteiger charge is -2.30. The van der Waals surface area contributed by atoms with Crippen LogP contribution in [0.5, 0.6) is 11.8 Å². The molecule has 3 aromatic heterocycles. The third-order valence-corrected chi connectivity index (χ3v) is 25.3. The fourth-order valence-electron chi connectivity index (χ4n) is 16.3. The molecule has 149 heavy (non-hydrogen) atoms. The van der Waals surface area contributed by atoms with Gasteiger partial charge in [0.1, 0.15) is 17.7 Å². The van der Waals surface area contributed by atoms with Crippen molar-refractivity contribution >= 4 is 105 Å².